The first-order valence-electron chi connectivity index (χ1n) is 5.89. The molecule has 0 atom stereocenters. The van der Waals surface area contributed by atoms with Gasteiger partial charge in [-0.15, -0.1) is 0 Å². The maximum Gasteiger partial charge on any atom is 0.202 e. The lowest BCUT2D eigenvalue weighted by Crippen LogP contribution is -2.05. The van der Waals surface area contributed by atoms with Crippen molar-refractivity contribution in [3.8, 4) is 0 Å². The maximum atomic E-state index is 4.98. The van der Waals surface area contributed by atoms with E-state index in [2.05, 4.69) is 45.9 Å². The second-order valence-corrected chi connectivity index (χ2v) is 4.80. The molecule has 0 saturated heterocycles. The number of aryl methyl sites for hydroxylation is 1. The number of ether oxygens (including phenoxy) is 1. The van der Waals surface area contributed by atoms with Crippen LogP contribution in [0.15, 0.2) is 24.3 Å². The minimum atomic E-state index is 0.468. The lowest BCUT2D eigenvalue weighted by atomic mass is 10.1. The molecule has 1 N–H and O–H groups in total. The molecule has 2 rings (SSSR count). The molecular weight excluding hydrogens is 246 g/mol. The Morgan fingerprint density at radius 1 is 1.33 bits per heavy atom. The van der Waals surface area contributed by atoms with E-state index < -0.39 is 0 Å². The van der Waals surface area contributed by atoms with Gasteiger partial charge in [0.2, 0.25) is 5.13 Å². The topological polar surface area (TPSA) is 47.0 Å². The lowest BCUT2D eigenvalue weighted by molar-refractivity contribution is 0.179. The van der Waals surface area contributed by atoms with Crippen LogP contribution in [0.2, 0.25) is 0 Å². The Labute approximate surface area is 111 Å². The van der Waals surface area contributed by atoms with Gasteiger partial charge in [-0.25, -0.2) is 4.98 Å². The van der Waals surface area contributed by atoms with Gasteiger partial charge < -0.3 is 10.1 Å². The number of anilines is 1. The number of benzene rings is 1. The van der Waals surface area contributed by atoms with Crippen LogP contribution in [0.25, 0.3) is 0 Å². The van der Waals surface area contributed by atoms with E-state index in [1.165, 1.54) is 22.7 Å². The molecule has 1 aromatic heterocycles. The average molecular weight is 263 g/mol. The van der Waals surface area contributed by atoms with Crippen molar-refractivity contribution in [2.24, 2.45) is 0 Å². The number of hydrogen-bond acceptors (Lipinski definition) is 5. The molecule has 0 amide bonds. The zero-order valence-electron chi connectivity index (χ0n) is 10.6. The van der Waals surface area contributed by atoms with Crippen molar-refractivity contribution >= 4 is 16.7 Å². The smallest absolute Gasteiger partial charge is 0.202 e. The number of methoxy groups -OCH3 is 1. The molecular formula is C13H17N3OS. The van der Waals surface area contributed by atoms with Crippen molar-refractivity contribution in [2.45, 2.75) is 20.0 Å². The highest BCUT2D eigenvalue weighted by Gasteiger charge is 2.03. The number of hydrogen-bond donors (Lipinski definition) is 1. The van der Waals surface area contributed by atoms with Gasteiger partial charge >= 0.3 is 0 Å². The first kappa shape index (κ1) is 13.0. The molecule has 2 aromatic rings. The van der Waals surface area contributed by atoms with Crippen molar-refractivity contribution in [2.75, 3.05) is 19.0 Å². The van der Waals surface area contributed by atoms with Crippen LogP contribution in [0.1, 0.15) is 17.0 Å². The minimum absolute atomic E-state index is 0.468. The third-order valence-electron chi connectivity index (χ3n) is 2.67. The summed E-state index contributed by atoms with van der Waals surface area (Å²) in [6.07, 6.45) is 0.992. The summed E-state index contributed by atoms with van der Waals surface area (Å²) in [5.74, 6) is 0.737. The zero-order valence-corrected chi connectivity index (χ0v) is 11.5. The van der Waals surface area contributed by atoms with Gasteiger partial charge in [0.05, 0.1) is 0 Å². The van der Waals surface area contributed by atoms with Crippen LogP contribution in [-0.2, 0) is 17.8 Å². The molecule has 4 nitrogen and oxygen atoms in total. The Balaban J connectivity index is 1.83. The predicted octanol–water partition coefficient (Wildman–Crippen LogP) is 2.65. The largest absolute Gasteiger partial charge is 0.377 e. The Morgan fingerprint density at radius 3 is 2.94 bits per heavy atom. The SMILES string of the molecule is COCc1nsc(NCCc2ccccc2C)n1. The first-order valence-corrected chi connectivity index (χ1v) is 6.67. The summed E-state index contributed by atoms with van der Waals surface area (Å²) >= 11 is 1.38. The first-order chi connectivity index (χ1) is 8.79. The van der Waals surface area contributed by atoms with Gasteiger partial charge in [0.15, 0.2) is 5.82 Å². The summed E-state index contributed by atoms with van der Waals surface area (Å²) in [6, 6.07) is 8.43. The number of rotatable bonds is 6. The molecule has 0 aliphatic rings. The summed E-state index contributed by atoms with van der Waals surface area (Å²) in [4.78, 5) is 4.32. The summed E-state index contributed by atoms with van der Waals surface area (Å²) in [5.41, 5.74) is 2.70. The van der Waals surface area contributed by atoms with E-state index in [9.17, 15) is 0 Å². The Morgan fingerprint density at radius 2 is 2.17 bits per heavy atom. The standard InChI is InChI=1S/C13H17N3OS/c1-10-5-3-4-6-11(10)7-8-14-13-15-12(9-17-2)16-18-13/h3-6H,7-9H2,1-2H3,(H,14,15,16). The van der Waals surface area contributed by atoms with E-state index in [0.29, 0.717) is 6.61 Å². The third kappa shape index (κ3) is 3.51. The predicted molar refractivity (Wildman–Crippen MR) is 74.0 cm³/mol. The van der Waals surface area contributed by atoms with Crippen LogP contribution in [0, 0.1) is 6.92 Å². The monoisotopic (exact) mass is 263 g/mol. The van der Waals surface area contributed by atoms with Crippen LogP contribution in [-0.4, -0.2) is 23.0 Å². The molecule has 1 heterocycles. The van der Waals surface area contributed by atoms with Gasteiger partial charge in [0.1, 0.15) is 6.61 Å². The molecule has 0 saturated carbocycles. The van der Waals surface area contributed by atoms with Crippen molar-refractivity contribution in [1.29, 1.82) is 0 Å². The fourth-order valence-corrected chi connectivity index (χ4v) is 2.31. The van der Waals surface area contributed by atoms with Gasteiger partial charge in [-0.2, -0.15) is 4.37 Å². The fraction of sp³-hybridized carbons (Fsp3) is 0.385. The van der Waals surface area contributed by atoms with E-state index in [0.717, 1.165) is 23.9 Å². The van der Waals surface area contributed by atoms with Crippen molar-refractivity contribution in [3.05, 3.63) is 41.2 Å². The van der Waals surface area contributed by atoms with Crippen molar-refractivity contribution in [1.82, 2.24) is 9.36 Å². The second-order valence-electron chi connectivity index (χ2n) is 4.05. The Bertz CT molecular complexity index is 498. The van der Waals surface area contributed by atoms with E-state index in [-0.39, 0.29) is 0 Å². The van der Waals surface area contributed by atoms with E-state index >= 15 is 0 Å². The number of nitrogens with one attached hydrogen (secondary N) is 1. The molecule has 1 aromatic carbocycles. The van der Waals surface area contributed by atoms with Crippen LogP contribution in [0.3, 0.4) is 0 Å². The average Bonchev–Trinajstić information content (AvgIpc) is 2.80. The van der Waals surface area contributed by atoms with E-state index in [4.69, 9.17) is 4.74 Å². The van der Waals surface area contributed by atoms with Gasteiger partial charge in [-0.05, 0) is 24.5 Å². The highest BCUT2D eigenvalue weighted by molar-refractivity contribution is 7.09. The summed E-state index contributed by atoms with van der Waals surface area (Å²) in [5, 5.41) is 4.15. The van der Waals surface area contributed by atoms with E-state index in [1.54, 1.807) is 7.11 Å². The van der Waals surface area contributed by atoms with Crippen LogP contribution < -0.4 is 5.32 Å². The molecule has 0 unspecified atom stereocenters. The molecule has 0 aliphatic heterocycles. The zero-order chi connectivity index (χ0) is 12.8. The molecule has 0 bridgehead atoms. The van der Waals surface area contributed by atoms with Crippen LogP contribution >= 0.6 is 11.5 Å². The Kier molecular flexibility index (Phi) is 4.66. The van der Waals surface area contributed by atoms with Crippen molar-refractivity contribution in [3.63, 3.8) is 0 Å². The molecule has 0 spiro atoms. The highest BCUT2D eigenvalue weighted by Crippen LogP contribution is 2.12. The van der Waals surface area contributed by atoms with Gasteiger partial charge in [0, 0.05) is 25.2 Å². The van der Waals surface area contributed by atoms with Gasteiger partial charge in [-0.3, -0.25) is 0 Å². The normalized spacial score (nSPS) is 10.6. The number of aromatic nitrogens is 2. The number of nitrogens with zero attached hydrogens (tertiary/aromatic N) is 2. The molecule has 18 heavy (non-hydrogen) atoms. The van der Waals surface area contributed by atoms with Crippen LogP contribution in [0.5, 0.6) is 0 Å². The van der Waals surface area contributed by atoms with Gasteiger partial charge in [0.25, 0.3) is 0 Å². The molecule has 0 aliphatic carbocycles. The maximum absolute atomic E-state index is 4.98. The molecule has 5 heteroatoms. The summed E-state index contributed by atoms with van der Waals surface area (Å²) in [6.45, 7) is 3.47. The third-order valence-corrected chi connectivity index (χ3v) is 3.38. The molecule has 0 fully saturated rings. The molecule has 96 valence electrons. The lowest BCUT2D eigenvalue weighted by Gasteiger charge is -2.05. The van der Waals surface area contributed by atoms with E-state index in [1.807, 2.05) is 0 Å². The Hall–Kier alpha value is -1.46. The quantitative estimate of drug-likeness (QED) is 0.870. The van der Waals surface area contributed by atoms with Crippen molar-refractivity contribution < 1.29 is 4.74 Å². The minimum Gasteiger partial charge on any atom is -0.377 e. The summed E-state index contributed by atoms with van der Waals surface area (Å²) in [7, 11) is 1.65. The van der Waals surface area contributed by atoms with Gasteiger partial charge in [-0.1, -0.05) is 24.3 Å². The highest BCUT2D eigenvalue weighted by atomic mass is 32.1. The fourth-order valence-electron chi connectivity index (χ4n) is 1.71. The molecule has 0 radical (unpaired) electrons. The van der Waals surface area contributed by atoms with Crippen LogP contribution in [0.4, 0.5) is 5.13 Å². The summed E-state index contributed by atoms with van der Waals surface area (Å²) < 4.78 is 9.18. The second kappa shape index (κ2) is 6.47.